The molecule has 1 fully saturated rings. The standard InChI is InChI=1S/C11H12FN7O4/c12-1-5-7(21)11(2-20,17-18-13)23-10(5)19-4-16-6-8(19)14-3-15-9(6)22/h3-5,7,10,20-21H,1-2H2,(H,14,15,22)/t5-,7+,10-,11-/m1/s1. The van der Waals surface area contributed by atoms with Crippen LogP contribution in [0, 0.1) is 5.92 Å². The van der Waals surface area contributed by atoms with Crippen LogP contribution in [-0.2, 0) is 4.74 Å². The van der Waals surface area contributed by atoms with Gasteiger partial charge in [-0.2, -0.15) is 0 Å². The minimum Gasteiger partial charge on any atom is -0.393 e. The molecule has 0 bridgehead atoms. The van der Waals surface area contributed by atoms with Crippen molar-refractivity contribution in [2.24, 2.45) is 11.0 Å². The number of imidazole rings is 1. The summed E-state index contributed by atoms with van der Waals surface area (Å²) in [5, 5.41) is 22.9. The molecule has 11 nitrogen and oxygen atoms in total. The molecule has 3 rings (SSSR count). The molecule has 0 radical (unpaired) electrons. The second kappa shape index (κ2) is 5.59. The highest BCUT2D eigenvalue weighted by atomic mass is 19.1. The Hall–Kier alpha value is -2.53. The number of hydrogen-bond acceptors (Lipinski definition) is 7. The number of aromatic nitrogens is 4. The molecule has 1 aliphatic rings. The fourth-order valence-electron chi connectivity index (χ4n) is 2.65. The van der Waals surface area contributed by atoms with E-state index in [-0.39, 0.29) is 11.2 Å². The van der Waals surface area contributed by atoms with Crippen LogP contribution >= 0.6 is 0 Å². The van der Waals surface area contributed by atoms with Crippen molar-refractivity contribution in [3.05, 3.63) is 33.5 Å². The third-order valence-electron chi connectivity index (χ3n) is 3.82. The molecule has 23 heavy (non-hydrogen) atoms. The van der Waals surface area contributed by atoms with Gasteiger partial charge < -0.3 is 19.9 Å². The summed E-state index contributed by atoms with van der Waals surface area (Å²) in [4.78, 5) is 24.4. The predicted molar refractivity (Wildman–Crippen MR) is 72.7 cm³/mol. The van der Waals surface area contributed by atoms with E-state index in [1.807, 2.05) is 0 Å². The van der Waals surface area contributed by atoms with Crippen LogP contribution in [0.2, 0.25) is 0 Å². The molecule has 0 saturated carbocycles. The molecule has 1 aliphatic heterocycles. The Labute approximate surface area is 127 Å². The number of halogens is 1. The second-order valence-electron chi connectivity index (χ2n) is 5.02. The van der Waals surface area contributed by atoms with Gasteiger partial charge in [0, 0.05) is 4.91 Å². The fourth-order valence-corrected chi connectivity index (χ4v) is 2.65. The van der Waals surface area contributed by atoms with E-state index >= 15 is 0 Å². The summed E-state index contributed by atoms with van der Waals surface area (Å²) in [6.07, 6.45) is -0.396. The first-order valence-electron chi connectivity index (χ1n) is 6.57. The smallest absolute Gasteiger partial charge is 0.278 e. The van der Waals surface area contributed by atoms with Crippen LogP contribution in [0.1, 0.15) is 6.23 Å². The molecule has 0 amide bonds. The Balaban J connectivity index is 2.12. The van der Waals surface area contributed by atoms with Crippen molar-refractivity contribution in [3.8, 4) is 0 Å². The number of alkyl halides is 1. The maximum Gasteiger partial charge on any atom is 0.278 e. The van der Waals surface area contributed by atoms with Crippen LogP contribution in [0.25, 0.3) is 21.6 Å². The van der Waals surface area contributed by atoms with E-state index in [0.717, 1.165) is 6.33 Å². The van der Waals surface area contributed by atoms with Gasteiger partial charge in [-0.15, -0.1) is 0 Å². The number of nitrogens with zero attached hydrogens (tertiary/aromatic N) is 6. The molecular weight excluding hydrogens is 313 g/mol. The normalized spacial score (nSPS) is 30.5. The number of aliphatic hydroxyl groups is 2. The summed E-state index contributed by atoms with van der Waals surface area (Å²) in [7, 11) is 0. The van der Waals surface area contributed by atoms with Crippen molar-refractivity contribution in [1.29, 1.82) is 0 Å². The first-order valence-corrected chi connectivity index (χ1v) is 6.57. The summed E-state index contributed by atoms with van der Waals surface area (Å²) >= 11 is 0. The average Bonchev–Trinajstić information content (AvgIpc) is 3.09. The van der Waals surface area contributed by atoms with Crippen LogP contribution < -0.4 is 5.56 Å². The van der Waals surface area contributed by atoms with Gasteiger partial charge in [-0.05, 0) is 5.53 Å². The minimum absolute atomic E-state index is 0.00785. The number of H-pyrrole nitrogens is 1. The van der Waals surface area contributed by atoms with Crippen molar-refractivity contribution < 1.29 is 19.3 Å². The quantitative estimate of drug-likeness (QED) is 0.393. The largest absolute Gasteiger partial charge is 0.393 e. The van der Waals surface area contributed by atoms with Crippen molar-refractivity contribution in [2.75, 3.05) is 13.3 Å². The van der Waals surface area contributed by atoms with E-state index < -0.39 is 42.8 Å². The highest BCUT2D eigenvalue weighted by molar-refractivity contribution is 5.68. The Kier molecular flexibility index (Phi) is 3.74. The third-order valence-corrected chi connectivity index (χ3v) is 3.82. The zero-order chi connectivity index (χ0) is 16.6. The number of hydrogen-bond donors (Lipinski definition) is 3. The van der Waals surface area contributed by atoms with Gasteiger partial charge >= 0.3 is 0 Å². The molecule has 3 N–H and O–H groups in total. The lowest BCUT2D eigenvalue weighted by molar-refractivity contribution is -0.122. The van der Waals surface area contributed by atoms with Crippen molar-refractivity contribution >= 4 is 11.2 Å². The molecule has 1 saturated heterocycles. The third kappa shape index (κ3) is 2.16. The Morgan fingerprint density at radius 3 is 3.04 bits per heavy atom. The van der Waals surface area contributed by atoms with E-state index in [0.29, 0.717) is 0 Å². The molecule has 4 atom stereocenters. The van der Waals surface area contributed by atoms with Gasteiger partial charge in [-0.1, -0.05) is 5.11 Å². The number of nitrogens with one attached hydrogen (secondary N) is 1. The number of azide groups is 1. The number of aliphatic hydroxyl groups excluding tert-OH is 2. The predicted octanol–water partition coefficient (Wildman–Crippen LogP) is -0.406. The van der Waals surface area contributed by atoms with Gasteiger partial charge in [0.1, 0.15) is 12.3 Å². The monoisotopic (exact) mass is 325 g/mol. The van der Waals surface area contributed by atoms with E-state index in [1.54, 1.807) is 0 Å². The topological polar surface area (TPSA) is 162 Å². The SMILES string of the molecule is [N-]=[N+]=N[C@]1(CO)O[C@@H](n2cnc3c(=O)[nH]cnc32)[C@H](CF)[C@@H]1O. The van der Waals surface area contributed by atoms with Gasteiger partial charge in [0.25, 0.3) is 5.56 Å². The van der Waals surface area contributed by atoms with Gasteiger partial charge in [0.05, 0.1) is 31.9 Å². The number of fused-ring (bicyclic) bond motifs is 1. The van der Waals surface area contributed by atoms with Crippen molar-refractivity contribution in [3.63, 3.8) is 0 Å². The number of aromatic amines is 1. The first-order chi connectivity index (χ1) is 11.1. The molecule has 12 heteroatoms. The summed E-state index contributed by atoms with van der Waals surface area (Å²) in [5.74, 6) is -1.15. The lowest BCUT2D eigenvalue weighted by atomic mass is 9.97. The van der Waals surface area contributed by atoms with Crippen molar-refractivity contribution in [1.82, 2.24) is 19.5 Å². The van der Waals surface area contributed by atoms with Gasteiger partial charge in [0.2, 0.25) is 0 Å². The van der Waals surface area contributed by atoms with E-state index in [4.69, 9.17) is 10.3 Å². The Morgan fingerprint density at radius 1 is 1.61 bits per heavy atom. The highest BCUT2D eigenvalue weighted by Gasteiger charge is 2.55. The molecule has 0 aromatic carbocycles. The Morgan fingerprint density at radius 2 is 2.39 bits per heavy atom. The highest BCUT2D eigenvalue weighted by Crippen LogP contribution is 2.43. The van der Waals surface area contributed by atoms with Crippen LogP contribution in [0.5, 0.6) is 0 Å². The molecular formula is C11H12FN7O4. The zero-order valence-electron chi connectivity index (χ0n) is 11.6. The maximum atomic E-state index is 13.4. The van der Waals surface area contributed by atoms with Gasteiger partial charge in [0.15, 0.2) is 16.9 Å². The Bertz CT molecular complexity index is 831. The van der Waals surface area contributed by atoms with Crippen LogP contribution in [0.15, 0.2) is 22.6 Å². The van der Waals surface area contributed by atoms with E-state index in [2.05, 4.69) is 25.0 Å². The summed E-state index contributed by atoms with van der Waals surface area (Å²) in [6.45, 7) is -1.86. The van der Waals surface area contributed by atoms with E-state index in [9.17, 15) is 19.4 Å². The average molecular weight is 325 g/mol. The molecule has 3 heterocycles. The maximum absolute atomic E-state index is 13.4. The summed E-state index contributed by atoms with van der Waals surface area (Å²) < 4.78 is 20.1. The zero-order valence-corrected chi connectivity index (χ0v) is 11.6. The molecule has 2 aromatic rings. The van der Waals surface area contributed by atoms with E-state index in [1.165, 1.54) is 10.9 Å². The fraction of sp³-hybridized carbons (Fsp3) is 0.545. The first kappa shape index (κ1) is 15.4. The van der Waals surface area contributed by atoms with Crippen LogP contribution in [0.4, 0.5) is 4.39 Å². The summed E-state index contributed by atoms with van der Waals surface area (Å²) in [6, 6.07) is 0. The number of ether oxygens (including phenoxy) is 1. The molecule has 0 unspecified atom stereocenters. The molecule has 2 aromatic heterocycles. The number of rotatable bonds is 4. The van der Waals surface area contributed by atoms with Gasteiger partial charge in [-0.3, -0.25) is 13.8 Å². The minimum atomic E-state index is -2.02. The lowest BCUT2D eigenvalue weighted by Gasteiger charge is -2.24. The molecule has 0 aliphatic carbocycles. The van der Waals surface area contributed by atoms with Crippen molar-refractivity contribution in [2.45, 2.75) is 18.1 Å². The van der Waals surface area contributed by atoms with Gasteiger partial charge in [-0.25, -0.2) is 9.97 Å². The summed E-state index contributed by atoms with van der Waals surface area (Å²) in [5.41, 5.74) is 6.22. The van der Waals surface area contributed by atoms with Crippen LogP contribution in [-0.4, -0.2) is 54.8 Å². The lowest BCUT2D eigenvalue weighted by Crippen LogP contribution is -2.43. The second-order valence-corrected chi connectivity index (χ2v) is 5.02. The molecule has 0 spiro atoms. The molecule has 122 valence electrons. The van der Waals surface area contributed by atoms with Crippen LogP contribution in [0.3, 0.4) is 0 Å².